The van der Waals surface area contributed by atoms with Gasteiger partial charge >= 0.3 is 0 Å². The van der Waals surface area contributed by atoms with Gasteiger partial charge in [-0.15, -0.1) is 10.2 Å². The average molecular weight is 412 g/mol. The average Bonchev–Trinajstić information content (AvgIpc) is 3.02. The minimum atomic E-state index is -0.143. The molecule has 2 heterocycles. The van der Waals surface area contributed by atoms with Crippen LogP contribution in [-0.4, -0.2) is 31.4 Å². The Hall–Kier alpha value is -2.64. The molecule has 4 aromatic rings. The summed E-state index contributed by atoms with van der Waals surface area (Å²) in [5.74, 6) is 0.0426. The molecule has 28 heavy (non-hydrogen) atoms. The number of carbonyl (C=O) groups excluding carboxylic acids is 1. The van der Waals surface area contributed by atoms with Gasteiger partial charge < -0.3 is 9.88 Å². The zero-order valence-corrected chi connectivity index (χ0v) is 17.0. The molecule has 0 fully saturated rings. The molecule has 0 atom stereocenters. The zero-order valence-electron chi connectivity index (χ0n) is 15.4. The van der Waals surface area contributed by atoms with Gasteiger partial charge in [0, 0.05) is 22.6 Å². The summed E-state index contributed by atoms with van der Waals surface area (Å²) >= 11 is 7.26. The van der Waals surface area contributed by atoms with Crippen LogP contribution in [0.1, 0.15) is 12.5 Å². The zero-order chi connectivity index (χ0) is 19.7. The molecule has 2 aromatic carbocycles. The second-order valence-electron chi connectivity index (χ2n) is 6.32. The number of aryl methyl sites for hydroxylation is 2. The number of aromatic nitrogens is 4. The molecule has 0 aliphatic carbocycles. The summed E-state index contributed by atoms with van der Waals surface area (Å²) in [7, 11) is 0. The number of nitrogens with zero attached hydrogens (tertiary/aromatic N) is 4. The predicted molar refractivity (Wildman–Crippen MR) is 114 cm³/mol. The second kappa shape index (κ2) is 7.77. The number of carbonyl (C=O) groups is 1. The first-order valence-corrected chi connectivity index (χ1v) is 10.2. The van der Waals surface area contributed by atoms with Gasteiger partial charge in [-0.05, 0) is 37.6 Å². The Morgan fingerprint density at radius 2 is 2.04 bits per heavy atom. The van der Waals surface area contributed by atoms with E-state index in [0.29, 0.717) is 15.9 Å². The lowest BCUT2D eigenvalue weighted by Gasteiger charge is -2.08. The van der Waals surface area contributed by atoms with E-state index in [1.165, 1.54) is 11.8 Å². The van der Waals surface area contributed by atoms with Crippen LogP contribution in [-0.2, 0) is 11.3 Å². The third kappa shape index (κ3) is 3.55. The summed E-state index contributed by atoms with van der Waals surface area (Å²) in [5.41, 5.74) is 4.31. The molecule has 2 aromatic heterocycles. The van der Waals surface area contributed by atoms with E-state index in [1.54, 1.807) is 12.1 Å². The summed E-state index contributed by atoms with van der Waals surface area (Å²) in [5, 5.41) is 13.5. The SMILES string of the molecule is CCn1c2ccccc2c2nnc(SCC(=O)Nc3cc(Cl)ccc3C)nc21. The van der Waals surface area contributed by atoms with Crippen LogP contribution in [0.5, 0.6) is 0 Å². The summed E-state index contributed by atoms with van der Waals surface area (Å²) in [6.07, 6.45) is 0. The van der Waals surface area contributed by atoms with Crippen molar-refractivity contribution in [1.82, 2.24) is 19.7 Å². The lowest BCUT2D eigenvalue weighted by atomic mass is 10.2. The fraction of sp³-hybridized carbons (Fsp3) is 0.200. The minimum Gasteiger partial charge on any atom is -0.325 e. The van der Waals surface area contributed by atoms with Crippen molar-refractivity contribution in [3.05, 3.63) is 53.1 Å². The molecule has 6 nitrogen and oxygen atoms in total. The first-order valence-electron chi connectivity index (χ1n) is 8.87. The van der Waals surface area contributed by atoms with Crippen molar-refractivity contribution < 1.29 is 4.79 Å². The van der Waals surface area contributed by atoms with Crippen LogP contribution >= 0.6 is 23.4 Å². The number of fused-ring (bicyclic) bond motifs is 3. The highest BCUT2D eigenvalue weighted by molar-refractivity contribution is 7.99. The van der Waals surface area contributed by atoms with E-state index in [-0.39, 0.29) is 11.7 Å². The molecule has 0 bridgehead atoms. The highest BCUT2D eigenvalue weighted by Gasteiger charge is 2.14. The highest BCUT2D eigenvalue weighted by atomic mass is 35.5. The molecule has 0 saturated carbocycles. The van der Waals surface area contributed by atoms with Crippen LogP contribution in [0.15, 0.2) is 47.6 Å². The topological polar surface area (TPSA) is 72.7 Å². The molecule has 0 aliphatic rings. The monoisotopic (exact) mass is 411 g/mol. The van der Waals surface area contributed by atoms with Crippen molar-refractivity contribution in [2.45, 2.75) is 25.5 Å². The second-order valence-corrected chi connectivity index (χ2v) is 7.70. The van der Waals surface area contributed by atoms with Crippen LogP contribution in [0.2, 0.25) is 5.02 Å². The van der Waals surface area contributed by atoms with Crippen molar-refractivity contribution in [3.8, 4) is 0 Å². The van der Waals surface area contributed by atoms with E-state index in [0.717, 1.165) is 34.2 Å². The third-order valence-corrected chi connectivity index (χ3v) is 5.55. The molecular formula is C20H18ClN5OS. The number of para-hydroxylation sites is 1. The molecule has 8 heteroatoms. The maximum Gasteiger partial charge on any atom is 0.234 e. The van der Waals surface area contributed by atoms with Gasteiger partial charge in [0.2, 0.25) is 11.1 Å². The van der Waals surface area contributed by atoms with E-state index >= 15 is 0 Å². The van der Waals surface area contributed by atoms with Crippen LogP contribution in [0.3, 0.4) is 0 Å². The lowest BCUT2D eigenvalue weighted by Crippen LogP contribution is -2.15. The van der Waals surface area contributed by atoms with Gasteiger partial charge in [-0.3, -0.25) is 4.79 Å². The molecule has 0 saturated heterocycles. The van der Waals surface area contributed by atoms with E-state index in [2.05, 4.69) is 38.1 Å². The molecule has 0 aliphatic heterocycles. The van der Waals surface area contributed by atoms with Gasteiger partial charge in [0.25, 0.3) is 0 Å². The van der Waals surface area contributed by atoms with Crippen molar-refractivity contribution in [3.63, 3.8) is 0 Å². The fourth-order valence-corrected chi connectivity index (χ4v) is 3.87. The quantitative estimate of drug-likeness (QED) is 0.482. The number of rotatable bonds is 5. The molecule has 0 spiro atoms. The molecule has 0 radical (unpaired) electrons. The molecule has 0 unspecified atom stereocenters. The molecular weight excluding hydrogens is 394 g/mol. The fourth-order valence-electron chi connectivity index (χ4n) is 3.12. The molecule has 1 amide bonds. The standard InChI is InChI=1S/C20H18ClN5OS/c1-3-26-16-7-5-4-6-14(16)18-19(26)23-20(25-24-18)28-11-17(27)22-15-10-13(21)9-8-12(15)2/h4-10H,3,11H2,1-2H3,(H,22,27). The van der Waals surface area contributed by atoms with E-state index in [4.69, 9.17) is 11.6 Å². The summed E-state index contributed by atoms with van der Waals surface area (Å²) < 4.78 is 2.11. The lowest BCUT2D eigenvalue weighted by molar-refractivity contribution is -0.113. The van der Waals surface area contributed by atoms with Gasteiger partial charge in [-0.25, -0.2) is 4.98 Å². The summed E-state index contributed by atoms with van der Waals surface area (Å²) in [4.78, 5) is 17.0. The van der Waals surface area contributed by atoms with Gasteiger partial charge in [-0.2, -0.15) is 0 Å². The largest absolute Gasteiger partial charge is 0.325 e. The number of amides is 1. The Morgan fingerprint density at radius 1 is 1.21 bits per heavy atom. The summed E-state index contributed by atoms with van der Waals surface area (Å²) in [6, 6.07) is 13.5. The Labute approximate surface area is 171 Å². The van der Waals surface area contributed by atoms with Gasteiger partial charge in [-0.1, -0.05) is 47.6 Å². The van der Waals surface area contributed by atoms with Crippen LogP contribution in [0.25, 0.3) is 22.1 Å². The number of hydrogen-bond donors (Lipinski definition) is 1. The van der Waals surface area contributed by atoms with Crippen LogP contribution < -0.4 is 5.32 Å². The van der Waals surface area contributed by atoms with E-state index in [1.807, 2.05) is 31.2 Å². The Balaban J connectivity index is 1.54. The molecule has 1 N–H and O–H groups in total. The number of halogens is 1. The third-order valence-electron chi connectivity index (χ3n) is 4.48. The van der Waals surface area contributed by atoms with Crippen LogP contribution in [0.4, 0.5) is 5.69 Å². The smallest absolute Gasteiger partial charge is 0.234 e. The Bertz CT molecular complexity index is 1190. The first-order chi connectivity index (χ1) is 13.6. The Morgan fingerprint density at radius 3 is 2.86 bits per heavy atom. The van der Waals surface area contributed by atoms with Crippen molar-refractivity contribution >= 4 is 57.0 Å². The van der Waals surface area contributed by atoms with Gasteiger partial charge in [0.05, 0.1) is 11.3 Å². The maximum atomic E-state index is 12.3. The number of thioether (sulfide) groups is 1. The number of nitrogens with one attached hydrogen (secondary N) is 1. The highest BCUT2D eigenvalue weighted by Crippen LogP contribution is 2.27. The van der Waals surface area contributed by atoms with Crippen LogP contribution in [0, 0.1) is 6.92 Å². The van der Waals surface area contributed by atoms with Crippen molar-refractivity contribution in [2.24, 2.45) is 0 Å². The number of benzene rings is 2. The molecule has 4 rings (SSSR count). The first kappa shape index (κ1) is 18.7. The minimum absolute atomic E-state index is 0.143. The van der Waals surface area contributed by atoms with Gasteiger partial charge in [0.15, 0.2) is 5.65 Å². The van der Waals surface area contributed by atoms with Crippen molar-refractivity contribution in [1.29, 1.82) is 0 Å². The van der Waals surface area contributed by atoms with E-state index in [9.17, 15) is 4.79 Å². The maximum absolute atomic E-state index is 12.3. The number of hydrogen-bond acceptors (Lipinski definition) is 5. The van der Waals surface area contributed by atoms with E-state index < -0.39 is 0 Å². The summed E-state index contributed by atoms with van der Waals surface area (Å²) in [6.45, 7) is 4.77. The predicted octanol–water partition coefficient (Wildman–Crippen LogP) is 4.69. The normalized spacial score (nSPS) is 11.2. The molecule has 142 valence electrons. The number of anilines is 1. The van der Waals surface area contributed by atoms with Crippen molar-refractivity contribution in [2.75, 3.05) is 11.1 Å². The Kier molecular flexibility index (Phi) is 5.19. The van der Waals surface area contributed by atoms with Gasteiger partial charge in [0.1, 0.15) is 5.52 Å².